The average molecular weight is 342 g/mol. The fourth-order valence-corrected chi connectivity index (χ4v) is 2.44. The van der Waals surface area contributed by atoms with E-state index in [4.69, 9.17) is 10.5 Å². The summed E-state index contributed by atoms with van der Waals surface area (Å²) in [4.78, 5) is 22.5. The summed E-state index contributed by atoms with van der Waals surface area (Å²) in [6, 6.07) is 7.56. The molecule has 6 nitrogen and oxygen atoms in total. The molecule has 128 valence electrons. The number of rotatable bonds is 8. The molecule has 7 heteroatoms. The van der Waals surface area contributed by atoms with Gasteiger partial charge in [-0.3, -0.25) is 9.59 Å². The third-order valence-electron chi connectivity index (χ3n) is 3.64. The van der Waals surface area contributed by atoms with Crippen LogP contribution in [0.15, 0.2) is 24.3 Å². The predicted molar refractivity (Wildman–Crippen MR) is 91.9 cm³/mol. The molecular formula is C16H24ClN3O3. The van der Waals surface area contributed by atoms with Gasteiger partial charge in [-0.1, -0.05) is 0 Å². The van der Waals surface area contributed by atoms with E-state index in [1.54, 1.807) is 24.3 Å². The van der Waals surface area contributed by atoms with Crippen molar-refractivity contribution in [3.63, 3.8) is 0 Å². The number of benzene rings is 1. The highest BCUT2D eigenvalue weighted by Crippen LogP contribution is 2.17. The second-order valence-corrected chi connectivity index (χ2v) is 5.47. The van der Waals surface area contributed by atoms with Gasteiger partial charge in [-0.05, 0) is 50.1 Å². The van der Waals surface area contributed by atoms with Crippen LogP contribution >= 0.6 is 12.4 Å². The number of amides is 2. The number of hydrogen-bond acceptors (Lipinski definition) is 4. The van der Waals surface area contributed by atoms with E-state index < -0.39 is 0 Å². The van der Waals surface area contributed by atoms with Crippen molar-refractivity contribution in [2.24, 2.45) is 5.73 Å². The first-order chi connectivity index (χ1) is 10.6. The molecular weight excluding hydrogens is 318 g/mol. The lowest BCUT2D eigenvalue weighted by molar-refractivity contribution is -0.118. The van der Waals surface area contributed by atoms with Gasteiger partial charge >= 0.3 is 0 Å². The van der Waals surface area contributed by atoms with E-state index in [1.807, 2.05) is 0 Å². The first-order valence-corrected chi connectivity index (χ1v) is 7.68. The van der Waals surface area contributed by atoms with Crippen LogP contribution in [-0.2, 0) is 9.59 Å². The molecule has 0 aliphatic carbocycles. The second kappa shape index (κ2) is 10.1. The quantitative estimate of drug-likeness (QED) is 0.672. The zero-order chi connectivity index (χ0) is 15.8. The molecule has 0 spiro atoms. The van der Waals surface area contributed by atoms with Gasteiger partial charge in [0.05, 0.1) is 13.0 Å². The van der Waals surface area contributed by atoms with Crippen molar-refractivity contribution in [1.82, 2.24) is 5.32 Å². The van der Waals surface area contributed by atoms with E-state index >= 15 is 0 Å². The lowest BCUT2D eigenvalue weighted by Gasteiger charge is -2.10. The first-order valence-electron chi connectivity index (χ1n) is 7.68. The summed E-state index contributed by atoms with van der Waals surface area (Å²) >= 11 is 0. The maximum absolute atomic E-state index is 11.9. The van der Waals surface area contributed by atoms with Crippen molar-refractivity contribution in [3.05, 3.63) is 24.3 Å². The Morgan fingerprint density at radius 2 is 2.00 bits per heavy atom. The first kappa shape index (κ1) is 19.3. The molecule has 0 aromatic heterocycles. The molecule has 1 saturated heterocycles. The SMILES string of the molecule is Cl.NC(=O)CCOc1ccc(NC(=O)CCC2CCCN2)cc1. The second-order valence-electron chi connectivity index (χ2n) is 5.47. The molecule has 1 aliphatic heterocycles. The molecule has 4 N–H and O–H groups in total. The highest BCUT2D eigenvalue weighted by atomic mass is 35.5. The number of hydrogen-bond donors (Lipinski definition) is 3. The van der Waals surface area contributed by atoms with Crippen molar-refractivity contribution in [2.75, 3.05) is 18.5 Å². The molecule has 23 heavy (non-hydrogen) atoms. The minimum atomic E-state index is -0.388. The fourth-order valence-electron chi connectivity index (χ4n) is 2.44. The van der Waals surface area contributed by atoms with Gasteiger partial charge in [-0.15, -0.1) is 12.4 Å². The minimum Gasteiger partial charge on any atom is -0.493 e. The number of nitrogens with two attached hydrogens (primary N) is 1. The molecule has 0 saturated carbocycles. The third kappa shape index (κ3) is 7.34. The summed E-state index contributed by atoms with van der Waals surface area (Å²) in [6.07, 6.45) is 3.94. The maximum atomic E-state index is 11.9. The molecule has 0 radical (unpaired) electrons. The molecule has 0 bridgehead atoms. The van der Waals surface area contributed by atoms with E-state index in [9.17, 15) is 9.59 Å². The van der Waals surface area contributed by atoms with Crippen LogP contribution in [0.4, 0.5) is 5.69 Å². The Kier molecular flexibility index (Phi) is 8.43. The van der Waals surface area contributed by atoms with Crippen LogP contribution in [0.3, 0.4) is 0 Å². The molecule has 2 amide bonds. The van der Waals surface area contributed by atoms with Crippen LogP contribution in [0, 0.1) is 0 Å². The molecule has 2 rings (SSSR count). The summed E-state index contributed by atoms with van der Waals surface area (Å²) < 4.78 is 5.37. The van der Waals surface area contributed by atoms with Gasteiger partial charge in [0.15, 0.2) is 0 Å². The maximum Gasteiger partial charge on any atom is 0.224 e. The van der Waals surface area contributed by atoms with Crippen LogP contribution in [-0.4, -0.2) is 31.0 Å². The Labute approximate surface area is 142 Å². The highest BCUT2D eigenvalue weighted by molar-refractivity contribution is 5.90. The lowest BCUT2D eigenvalue weighted by Crippen LogP contribution is -2.23. The number of primary amides is 1. The highest BCUT2D eigenvalue weighted by Gasteiger charge is 2.15. The van der Waals surface area contributed by atoms with E-state index in [-0.39, 0.29) is 37.2 Å². The topological polar surface area (TPSA) is 93.5 Å². The molecule has 1 unspecified atom stereocenters. The van der Waals surface area contributed by atoms with Crippen LogP contribution < -0.4 is 21.1 Å². The standard InChI is InChI=1S/C16H23N3O3.ClH/c17-15(20)9-11-22-14-6-3-13(4-7-14)19-16(21)8-5-12-2-1-10-18-12;/h3-4,6-7,12,18H,1-2,5,8-11H2,(H2,17,20)(H,19,21);1H. The number of anilines is 1. The predicted octanol–water partition coefficient (Wildman–Crippen LogP) is 1.83. The average Bonchev–Trinajstić information content (AvgIpc) is 3.00. The Bertz CT molecular complexity index is 502. The van der Waals surface area contributed by atoms with Gasteiger partial charge in [-0.2, -0.15) is 0 Å². The van der Waals surface area contributed by atoms with Gasteiger partial charge < -0.3 is 21.1 Å². The van der Waals surface area contributed by atoms with Crippen LogP contribution in [0.2, 0.25) is 0 Å². The summed E-state index contributed by atoms with van der Waals surface area (Å²) in [5, 5.41) is 6.25. The summed E-state index contributed by atoms with van der Waals surface area (Å²) in [5.41, 5.74) is 5.78. The van der Waals surface area contributed by atoms with Crippen molar-refractivity contribution >= 4 is 29.9 Å². The molecule has 1 aromatic carbocycles. The van der Waals surface area contributed by atoms with Gasteiger partial charge in [-0.25, -0.2) is 0 Å². The number of halogens is 1. The molecule has 1 atom stereocenters. The van der Waals surface area contributed by atoms with Gasteiger partial charge in [0, 0.05) is 18.2 Å². The van der Waals surface area contributed by atoms with Crippen LogP contribution in [0.5, 0.6) is 5.75 Å². The molecule has 1 heterocycles. The monoisotopic (exact) mass is 341 g/mol. The molecule has 1 aliphatic rings. The van der Waals surface area contributed by atoms with Gasteiger partial charge in [0.25, 0.3) is 0 Å². The van der Waals surface area contributed by atoms with Crippen molar-refractivity contribution in [3.8, 4) is 5.75 Å². The van der Waals surface area contributed by atoms with Crippen molar-refractivity contribution < 1.29 is 14.3 Å². The van der Waals surface area contributed by atoms with E-state index in [1.165, 1.54) is 6.42 Å². The Morgan fingerprint density at radius 3 is 2.61 bits per heavy atom. The Hall–Kier alpha value is -1.79. The van der Waals surface area contributed by atoms with Crippen molar-refractivity contribution in [2.45, 2.75) is 38.1 Å². The molecule has 1 aromatic rings. The largest absolute Gasteiger partial charge is 0.493 e. The number of carbonyl (C=O) groups excluding carboxylic acids is 2. The Balaban J connectivity index is 0.00000264. The van der Waals surface area contributed by atoms with E-state index in [0.29, 0.717) is 18.2 Å². The number of carbonyl (C=O) groups is 2. The zero-order valence-corrected chi connectivity index (χ0v) is 13.9. The van der Waals surface area contributed by atoms with Gasteiger partial charge in [0.1, 0.15) is 5.75 Å². The van der Waals surface area contributed by atoms with E-state index in [0.717, 1.165) is 25.1 Å². The van der Waals surface area contributed by atoms with Crippen molar-refractivity contribution in [1.29, 1.82) is 0 Å². The summed E-state index contributed by atoms with van der Waals surface area (Å²) in [7, 11) is 0. The summed E-state index contributed by atoms with van der Waals surface area (Å²) in [5.74, 6) is 0.283. The Morgan fingerprint density at radius 1 is 1.26 bits per heavy atom. The normalized spacial score (nSPS) is 16.4. The van der Waals surface area contributed by atoms with Crippen LogP contribution in [0.1, 0.15) is 32.1 Å². The molecule has 1 fully saturated rings. The lowest BCUT2D eigenvalue weighted by atomic mass is 10.1. The number of nitrogens with one attached hydrogen (secondary N) is 2. The minimum absolute atomic E-state index is 0. The third-order valence-corrected chi connectivity index (χ3v) is 3.64. The van der Waals surface area contributed by atoms with Gasteiger partial charge in [0.2, 0.25) is 11.8 Å². The fraction of sp³-hybridized carbons (Fsp3) is 0.500. The summed E-state index contributed by atoms with van der Waals surface area (Å²) in [6.45, 7) is 1.32. The smallest absolute Gasteiger partial charge is 0.224 e. The number of ether oxygens (including phenoxy) is 1. The van der Waals surface area contributed by atoms with E-state index in [2.05, 4.69) is 10.6 Å². The van der Waals surface area contributed by atoms with Crippen LogP contribution in [0.25, 0.3) is 0 Å². The zero-order valence-electron chi connectivity index (χ0n) is 13.0.